The van der Waals surface area contributed by atoms with Gasteiger partial charge >= 0.3 is 0 Å². The van der Waals surface area contributed by atoms with Crippen molar-refractivity contribution in [3.05, 3.63) is 35.4 Å². The van der Waals surface area contributed by atoms with Gasteiger partial charge in [0.05, 0.1) is 6.61 Å². The van der Waals surface area contributed by atoms with Crippen LogP contribution in [0.1, 0.15) is 15.9 Å². The van der Waals surface area contributed by atoms with Crippen LogP contribution < -0.4 is 0 Å². The Morgan fingerprint density at radius 3 is 2.92 bits per heavy atom. The van der Waals surface area contributed by atoms with Crippen molar-refractivity contribution < 1.29 is 14.6 Å². The van der Waals surface area contributed by atoms with Gasteiger partial charge in [-0.3, -0.25) is 4.79 Å². The number of ether oxygens (including phenoxy) is 1. The highest BCUT2D eigenvalue weighted by molar-refractivity contribution is 5.97. The molecule has 0 aromatic heterocycles. The van der Waals surface area contributed by atoms with Crippen LogP contribution in [0.4, 0.5) is 0 Å². The second-order valence-corrected chi connectivity index (χ2v) is 2.71. The maximum absolute atomic E-state index is 11.1. The third-order valence-corrected chi connectivity index (χ3v) is 1.70. The van der Waals surface area contributed by atoms with Crippen LogP contribution in [0.25, 0.3) is 0 Å². The molecule has 0 aliphatic rings. The fourth-order valence-corrected chi connectivity index (χ4v) is 1.09. The summed E-state index contributed by atoms with van der Waals surface area (Å²) in [6, 6.07) is 7.05. The molecule has 70 valence electrons. The van der Waals surface area contributed by atoms with E-state index in [1.54, 1.807) is 25.3 Å². The molecule has 0 saturated carbocycles. The standard InChI is InChI=1S/C10H12O3/c1-13-7-8-3-2-4-9(5-8)10(12)6-11/h2-5,11H,6-7H2,1H3. The van der Waals surface area contributed by atoms with E-state index in [4.69, 9.17) is 9.84 Å². The number of rotatable bonds is 4. The van der Waals surface area contributed by atoms with E-state index in [2.05, 4.69) is 0 Å². The fraction of sp³-hybridized carbons (Fsp3) is 0.300. The van der Waals surface area contributed by atoms with Gasteiger partial charge in [-0.2, -0.15) is 0 Å². The largest absolute Gasteiger partial charge is 0.388 e. The van der Waals surface area contributed by atoms with Crippen molar-refractivity contribution in [2.24, 2.45) is 0 Å². The zero-order valence-electron chi connectivity index (χ0n) is 7.49. The van der Waals surface area contributed by atoms with E-state index in [1.165, 1.54) is 0 Å². The van der Waals surface area contributed by atoms with Crippen LogP contribution in [-0.2, 0) is 11.3 Å². The smallest absolute Gasteiger partial charge is 0.188 e. The van der Waals surface area contributed by atoms with E-state index in [0.29, 0.717) is 12.2 Å². The summed E-state index contributed by atoms with van der Waals surface area (Å²) < 4.78 is 4.92. The predicted octanol–water partition coefficient (Wildman–Crippen LogP) is 1.01. The van der Waals surface area contributed by atoms with Crippen LogP contribution in [0.2, 0.25) is 0 Å². The average Bonchev–Trinajstić information content (AvgIpc) is 2.18. The monoisotopic (exact) mass is 180 g/mol. The summed E-state index contributed by atoms with van der Waals surface area (Å²) >= 11 is 0. The molecule has 0 spiro atoms. The molecule has 0 fully saturated rings. The number of carbonyl (C=O) groups excluding carboxylic acids is 1. The highest BCUT2D eigenvalue weighted by atomic mass is 16.5. The minimum Gasteiger partial charge on any atom is -0.388 e. The Hall–Kier alpha value is -1.19. The van der Waals surface area contributed by atoms with Gasteiger partial charge in [-0.1, -0.05) is 18.2 Å². The van der Waals surface area contributed by atoms with E-state index < -0.39 is 6.61 Å². The van der Waals surface area contributed by atoms with Gasteiger partial charge in [0.2, 0.25) is 0 Å². The second kappa shape index (κ2) is 4.74. The van der Waals surface area contributed by atoms with Gasteiger partial charge < -0.3 is 9.84 Å². The second-order valence-electron chi connectivity index (χ2n) is 2.71. The van der Waals surface area contributed by atoms with E-state index >= 15 is 0 Å². The lowest BCUT2D eigenvalue weighted by Gasteiger charge is -2.01. The highest BCUT2D eigenvalue weighted by Gasteiger charge is 2.03. The molecule has 0 unspecified atom stereocenters. The zero-order chi connectivity index (χ0) is 9.68. The van der Waals surface area contributed by atoms with Crippen LogP contribution in [0.3, 0.4) is 0 Å². The molecular weight excluding hydrogens is 168 g/mol. The molecule has 13 heavy (non-hydrogen) atoms. The summed E-state index contributed by atoms with van der Waals surface area (Å²) in [4.78, 5) is 11.1. The molecule has 3 nitrogen and oxygen atoms in total. The molecule has 0 radical (unpaired) electrons. The molecule has 1 rings (SSSR count). The number of hydrogen-bond acceptors (Lipinski definition) is 3. The molecule has 0 amide bonds. The third-order valence-electron chi connectivity index (χ3n) is 1.70. The number of aliphatic hydroxyl groups is 1. The van der Waals surface area contributed by atoms with Crippen molar-refractivity contribution in [2.45, 2.75) is 6.61 Å². The predicted molar refractivity (Wildman–Crippen MR) is 48.6 cm³/mol. The number of aliphatic hydroxyl groups excluding tert-OH is 1. The lowest BCUT2D eigenvalue weighted by atomic mass is 10.1. The van der Waals surface area contributed by atoms with Gasteiger partial charge in [0.1, 0.15) is 6.61 Å². The first-order chi connectivity index (χ1) is 6.27. The Balaban J connectivity index is 2.85. The van der Waals surface area contributed by atoms with Crippen LogP contribution in [0.5, 0.6) is 0 Å². The Kier molecular flexibility index (Phi) is 3.61. The molecule has 0 saturated heterocycles. The molecule has 1 N–H and O–H groups in total. The third kappa shape index (κ3) is 2.65. The summed E-state index contributed by atoms with van der Waals surface area (Å²) in [5, 5.41) is 8.63. The summed E-state index contributed by atoms with van der Waals surface area (Å²) in [7, 11) is 1.60. The van der Waals surface area contributed by atoms with Crippen molar-refractivity contribution in [1.82, 2.24) is 0 Å². The lowest BCUT2D eigenvalue weighted by molar-refractivity contribution is 0.0903. The minimum atomic E-state index is -0.448. The number of methoxy groups -OCH3 is 1. The van der Waals surface area contributed by atoms with Gasteiger partial charge in [-0.05, 0) is 11.6 Å². The Labute approximate surface area is 77.0 Å². The Morgan fingerprint density at radius 2 is 2.31 bits per heavy atom. The van der Waals surface area contributed by atoms with E-state index in [9.17, 15) is 4.79 Å². The van der Waals surface area contributed by atoms with Gasteiger partial charge in [-0.15, -0.1) is 0 Å². The SMILES string of the molecule is COCc1cccc(C(=O)CO)c1. The Morgan fingerprint density at radius 1 is 1.54 bits per heavy atom. The first-order valence-corrected chi connectivity index (χ1v) is 4.00. The van der Waals surface area contributed by atoms with Gasteiger partial charge in [-0.25, -0.2) is 0 Å². The van der Waals surface area contributed by atoms with Gasteiger partial charge in [0, 0.05) is 12.7 Å². The first kappa shape index (κ1) is 9.89. The first-order valence-electron chi connectivity index (χ1n) is 4.00. The molecule has 0 aliphatic carbocycles. The number of benzene rings is 1. The fourth-order valence-electron chi connectivity index (χ4n) is 1.09. The number of hydrogen-bond donors (Lipinski definition) is 1. The number of ketones is 1. The van der Waals surface area contributed by atoms with Crippen LogP contribution in [0, 0.1) is 0 Å². The molecule has 1 aromatic carbocycles. The molecule has 3 heteroatoms. The maximum atomic E-state index is 11.1. The minimum absolute atomic E-state index is 0.266. The molecule has 0 bridgehead atoms. The van der Waals surface area contributed by atoms with Crippen molar-refractivity contribution in [3.8, 4) is 0 Å². The zero-order valence-corrected chi connectivity index (χ0v) is 7.49. The average molecular weight is 180 g/mol. The summed E-state index contributed by atoms with van der Waals surface area (Å²) in [6.45, 7) is 0.0307. The molecule has 0 atom stereocenters. The van der Waals surface area contributed by atoms with Crippen LogP contribution in [-0.4, -0.2) is 24.6 Å². The molecule has 0 heterocycles. The molecule has 1 aromatic rings. The Bertz CT molecular complexity index is 294. The highest BCUT2D eigenvalue weighted by Crippen LogP contribution is 2.06. The topological polar surface area (TPSA) is 46.5 Å². The van der Waals surface area contributed by atoms with E-state index in [1.807, 2.05) is 6.07 Å². The van der Waals surface area contributed by atoms with Crippen molar-refractivity contribution in [2.75, 3.05) is 13.7 Å². The number of carbonyl (C=O) groups is 1. The lowest BCUT2D eigenvalue weighted by Crippen LogP contribution is -2.04. The van der Waals surface area contributed by atoms with Gasteiger partial charge in [0.15, 0.2) is 5.78 Å². The van der Waals surface area contributed by atoms with Gasteiger partial charge in [0.25, 0.3) is 0 Å². The summed E-state index contributed by atoms with van der Waals surface area (Å²) in [5.41, 5.74) is 1.46. The maximum Gasteiger partial charge on any atom is 0.188 e. The molecular formula is C10H12O3. The summed E-state index contributed by atoms with van der Waals surface area (Å²) in [6.07, 6.45) is 0. The summed E-state index contributed by atoms with van der Waals surface area (Å²) in [5.74, 6) is -0.266. The van der Waals surface area contributed by atoms with Crippen molar-refractivity contribution in [1.29, 1.82) is 0 Å². The van der Waals surface area contributed by atoms with E-state index in [0.717, 1.165) is 5.56 Å². The quantitative estimate of drug-likeness (QED) is 0.703. The normalized spacial score (nSPS) is 10.0. The van der Waals surface area contributed by atoms with Crippen LogP contribution in [0.15, 0.2) is 24.3 Å². The van der Waals surface area contributed by atoms with Crippen molar-refractivity contribution >= 4 is 5.78 Å². The van der Waals surface area contributed by atoms with Crippen LogP contribution >= 0.6 is 0 Å². The molecule has 0 aliphatic heterocycles. The van der Waals surface area contributed by atoms with E-state index in [-0.39, 0.29) is 5.78 Å². The number of Topliss-reactive ketones (excluding diaryl/α,β-unsaturated/α-hetero) is 1. The van der Waals surface area contributed by atoms with Crippen molar-refractivity contribution in [3.63, 3.8) is 0 Å².